The number of amides is 2. The third-order valence-corrected chi connectivity index (χ3v) is 4.44. The lowest BCUT2D eigenvalue weighted by molar-refractivity contribution is 0.0570. The third kappa shape index (κ3) is 2.93. The van der Waals surface area contributed by atoms with Crippen LogP contribution in [0.3, 0.4) is 0 Å². The SMILES string of the molecule is CCOC(=O)N1CCN(C(=O)c2ccc3c(c2)nc(C)n3C)CC1. The summed E-state index contributed by atoms with van der Waals surface area (Å²) < 4.78 is 7.00. The zero-order valence-electron chi connectivity index (χ0n) is 14.3. The number of imidazole rings is 1. The fourth-order valence-electron chi connectivity index (χ4n) is 2.94. The summed E-state index contributed by atoms with van der Waals surface area (Å²) in [5, 5.41) is 0. The van der Waals surface area contributed by atoms with Gasteiger partial charge in [-0.05, 0) is 32.0 Å². The van der Waals surface area contributed by atoms with Gasteiger partial charge in [-0.1, -0.05) is 0 Å². The van der Waals surface area contributed by atoms with Gasteiger partial charge in [0, 0.05) is 38.8 Å². The van der Waals surface area contributed by atoms with Crippen LogP contribution in [-0.4, -0.2) is 64.1 Å². The van der Waals surface area contributed by atoms with Crippen molar-refractivity contribution in [2.75, 3.05) is 32.8 Å². The molecule has 0 N–H and O–H groups in total. The fraction of sp³-hybridized carbons (Fsp3) is 0.471. The van der Waals surface area contributed by atoms with E-state index in [9.17, 15) is 9.59 Å². The topological polar surface area (TPSA) is 67.7 Å². The Balaban J connectivity index is 1.70. The van der Waals surface area contributed by atoms with Crippen LogP contribution in [-0.2, 0) is 11.8 Å². The zero-order chi connectivity index (χ0) is 17.3. The first-order valence-electron chi connectivity index (χ1n) is 8.15. The van der Waals surface area contributed by atoms with Crippen LogP contribution in [0.4, 0.5) is 4.79 Å². The molecular weight excluding hydrogens is 308 g/mol. The number of aromatic nitrogens is 2. The number of aryl methyl sites for hydroxylation is 2. The molecule has 0 bridgehead atoms. The first-order chi connectivity index (χ1) is 11.5. The van der Waals surface area contributed by atoms with Crippen molar-refractivity contribution < 1.29 is 14.3 Å². The second kappa shape index (κ2) is 6.51. The second-order valence-electron chi connectivity index (χ2n) is 5.90. The van der Waals surface area contributed by atoms with E-state index in [-0.39, 0.29) is 12.0 Å². The van der Waals surface area contributed by atoms with Crippen LogP contribution >= 0.6 is 0 Å². The zero-order valence-corrected chi connectivity index (χ0v) is 14.3. The van der Waals surface area contributed by atoms with Gasteiger partial charge >= 0.3 is 6.09 Å². The van der Waals surface area contributed by atoms with Crippen LogP contribution in [0.15, 0.2) is 18.2 Å². The van der Waals surface area contributed by atoms with Gasteiger partial charge in [0.1, 0.15) is 5.82 Å². The summed E-state index contributed by atoms with van der Waals surface area (Å²) in [6, 6.07) is 5.60. The monoisotopic (exact) mass is 330 g/mol. The first kappa shape index (κ1) is 16.3. The number of hydrogen-bond acceptors (Lipinski definition) is 4. The molecular formula is C17H22N4O3. The molecule has 2 aromatic rings. The maximum atomic E-state index is 12.7. The highest BCUT2D eigenvalue weighted by atomic mass is 16.6. The number of piperazine rings is 1. The Bertz CT molecular complexity index is 775. The van der Waals surface area contributed by atoms with Crippen molar-refractivity contribution in [2.24, 2.45) is 7.05 Å². The van der Waals surface area contributed by atoms with Gasteiger partial charge in [-0.25, -0.2) is 9.78 Å². The molecule has 2 amide bonds. The predicted molar refractivity (Wildman–Crippen MR) is 89.9 cm³/mol. The lowest BCUT2D eigenvalue weighted by Gasteiger charge is -2.34. The number of benzene rings is 1. The Morgan fingerprint density at radius 2 is 1.83 bits per heavy atom. The molecule has 7 heteroatoms. The van der Waals surface area contributed by atoms with Crippen LogP contribution in [0.1, 0.15) is 23.1 Å². The minimum atomic E-state index is -0.310. The molecule has 2 heterocycles. The van der Waals surface area contributed by atoms with Crippen molar-refractivity contribution >= 4 is 23.0 Å². The molecule has 24 heavy (non-hydrogen) atoms. The van der Waals surface area contributed by atoms with E-state index in [0.717, 1.165) is 16.9 Å². The molecule has 0 radical (unpaired) electrons. The molecule has 0 spiro atoms. The van der Waals surface area contributed by atoms with Crippen molar-refractivity contribution in [1.82, 2.24) is 19.4 Å². The van der Waals surface area contributed by atoms with E-state index in [0.29, 0.717) is 38.3 Å². The number of fused-ring (bicyclic) bond motifs is 1. The molecule has 7 nitrogen and oxygen atoms in total. The molecule has 1 aliphatic heterocycles. The molecule has 0 aliphatic carbocycles. The number of nitrogens with zero attached hydrogens (tertiary/aromatic N) is 4. The molecule has 1 fully saturated rings. The van der Waals surface area contributed by atoms with Gasteiger partial charge in [-0.2, -0.15) is 0 Å². The van der Waals surface area contributed by atoms with E-state index >= 15 is 0 Å². The second-order valence-corrected chi connectivity index (χ2v) is 5.90. The van der Waals surface area contributed by atoms with E-state index in [2.05, 4.69) is 4.98 Å². The highest BCUT2D eigenvalue weighted by Gasteiger charge is 2.25. The predicted octanol–water partition coefficient (Wildman–Crippen LogP) is 1.80. The fourth-order valence-corrected chi connectivity index (χ4v) is 2.94. The maximum Gasteiger partial charge on any atom is 0.409 e. The Morgan fingerprint density at radius 1 is 1.17 bits per heavy atom. The third-order valence-electron chi connectivity index (χ3n) is 4.44. The van der Waals surface area contributed by atoms with E-state index in [1.165, 1.54) is 0 Å². The lowest BCUT2D eigenvalue weighted by atomic mass is 10.1. The minimum absolute atomic E-state index is 0.0243. The van der Waals surface area contributed by atoms with Gasteiger partial charge in [0.05, 0.1) is 17.6 Å². The molecule has 1 saturated heterocycles. The van der Waals surface area contributed by atoms with Crippen molar-refractivity contribution in [3.05, 3.63) is 29.6 Å². The Kier molecular flexibility index (Phi) is 4.42. The standard InChI is InChI=1S/C17H22N4O3/c1-4-24-17(23)21-9-7-20(8-10-21)16(22)13-5-6-15-14(11-13)18-12(2)19(15)3/h5-6,11H,4,7-10H2,1-3H3. The van der Waals surface area contributed by atoms with Crippen LogP contribution in [0.2, 0.25) is 0 Å². The number of carbonyl (C=O) groups is 2. The molecule has 0 unspecified atom stereocenters. The van der Waals surface area contributed by atoms with E-state index in [4.69, 9.17) is 4.74 Å². The van der Waals surface area contributed by atoms with Crippen molar-refractivity contribution in [1.29, 1.82) is 0 Å². The van der Waals surface area contributed by atoms with Crippen LogP contribution < -0.4 is 0 Å². The van der Waals surface area contributed by atoms with Gasteiger partial charge in [-0.3, -0.25) is 4.79 Å². The molecule has 1 aromatic heterocycles. The van der Waals surface area contributed by atoms with Crippen molar-refractivity contribution in [3.63, 3.8) is 0 Å². The summed E-state index contributed by atoms with van der Waals surface area (Å²) in [7, 11) is 1.96. The highest BCUT2D eigenvalue weighted by Crippen LogP contribution is 2.18. The summed E-state index contributed by atoms with van der Waals surface area (Å²) in [4.78, 5) is 32.3. The maximum absolute atomic E-state index is 12.7. The normalized spacial score (nSPS) is 15.0. The van der Waals surface area contributed by atoms with Crippen molar-refractivity contribution in [3.8, 4) is 0 Å². The molecule has 3 rings (SSSR count). The average molecular weight is 330 g/mol. The van der Waals surface area contributed by atoms with E-state index in [1.807, 2.05) is 36.7 Å². The largest absolute Gasteiger partial charge is 0.450 e. The Morgan fingerprint density at radius 3 is 2.50 bits per heavy atom. The minimum Gasteiger partial charge on any atom is -0.450 e. The van der Waals surface area contributed by atoms with Gasteiger partial charge in [-0.15, -0.1) is 0 Å². The van der Waals surface area contributed by atoms with E-state index in [1.54, 1.807) is 16.7 Å². The Hall–Kier alpha value is -2.57. The smallest absolute Gasteiger partial charge is 0.409 e. The number of ether oxygens (including phenoxy) is 1. The van der Waals surface area contributed by atoms with Crippen LogP contribution in [0.25, 0.3) is 11.0 Å². The highest BCUT2D eigenvalue weighted by molar-refractivity contribution is 5.97. The van der Waals surface area contributed by atoms with Gasteiger partial charge in [0.15, 0.2) is 0 Å². The quantitative estimate of drug-likeness (QED) is 0.842. The molecule has 128 valence electrons. The summed E-state index contributed by atoms with van der Waals surface area (Å²) in [6.07, 6.45) is -0.310. The van der Waals surface area contributed by atoms with Crippen LogP contribution in [0.5, 0.6) is 0 Å². The molecule has 1 aliphatic rings. The van der Waals surface area contributed by atoms with Crippen molar-refractivity contribution in [2.45, 2.75) is 13.8 Å². The summed E-state index contributed by atoms with van der Waals surface area (Å²) in [5.41, 5.74) is 2.47. The summed E-state index contributed by atoms with van der Waals surface area (Å²) in [6.45, 7) is 6.10. The first-order valence-corrected chi connectivity index (χ1v) is 8.15. The number of rotatable bonds is 2. The lowest BCUT2D eigenvalue weighted by Crippen LogP contribution is -2.50. The average Bonchev–Trinajstić information content (AvgIpc) is 2.88. The Labute approximate surface area is 140 Å². The summed E-state index contributed by atoms with van der Waals surface area (Å²) in [5.74, 6) is 0.890. The van der Waals surface area contributed by atoms with Crippen LogP contribution in [0, 0.1) is 6.92 Å². The molecule has 0 saturated carbocycles. The van der Waals surface area contributed by atoms with Gasteiger partial charge in [0.25, 0.3) is 5.91 Å². The number of hydrogen-bond donors (Lipinski definition) is 0. The molecule has 1 aromatic carbocycles. The summed E-state index contributed by atoms with van der Waals surface area (Å²) >= 11 is 0. The number of carbonyl (C=O) groups excluding carboxylic acids is 2. The van der Waals surface area contributed by atoms with Gasteiger partial charge < -0.3 is 19.1 Å². The van der Waals surface area contributed by atoms with Gasteiger partial charge in [0.2, 0.25) is 0 Å². The van der Waals surface area contributed by atoms with E-state index < -0.39 is 0 Å². The molecule has 0 atom stereocenters.